The summed E-state index contributed by atoms with van der Waals surface area (Å²) in [6.07, 6.45) is 0.551. The Morgan fingerprint density at radius 2 is 1.91 bits per heavy atom. The van der Waals surface area contributed by atoms with Gasteiger partial charge in [-0.05, 0) is 37.0 Å². The van der Waals surface area contributed by atoms with Crippen molar-refractivity contribution in [1.29, 1.82) is 0 Å². The molecule has 0 spiro atoms. The van der Waals surface area contributed by atoms with E-state index in [4.69, 9.17) is 21.0 Å². The van der Waals surface area contributed by atoms with Gasteiger partial charge in [-0.1, -0.05) is 13.8 Å². The third kappa shape index (κ3) is 6.71. The van der Waals surface area contributed by atoms with E-state index in [9.17, 15) is 9.59 Å². The molecule has 0 saturated heterocycles. The largest absolute Gasteiger partial charge is 0.480 e. The van der Waals surface area contributed by atoms with E-state index in [1.807, 2.05) is 26.8 Å². The second-order valence-corrected chi connectivity index (χ2v) is 5.58. The Balaban J connectivity index is 0.000000434. The number of halogens is 1. The lowest BCUT2D eigenvalue weighted by Crippen LogP contribution is -2.31. The normalized spacial score (nSPS) is 11.3. The minimum absolute atomic E-state index is 0. The highest BCUT2D eigenvalue weighted by Gasteiger charge is 2.11. The molecule has 1 aromatic carbocycles. The number of hydrogen-bond donors (Lipinski definition) is 3. The molecular weight excluding hydrogens is 320 g/mol. The molecule has 0 amide bonds. The van der Waals surface area contributed by atoms with Crippen LogP contribution in [0.15, 0.2) is 33.5 Å². The van der Waals surface area contributed by atoms with Crippen LogP contribution < -0.4 is 17.1 Å². The molecule has 1 aromatic heterocycles. The molecule has 0 fully saturated rings. The number of carboxylic acids is 1. The van der Waals surface area contributed by atoms with Gasteiger partial charge in [0.2, 0.25) is 0 Å². The summed E-state index contributed by atoms with van der Waals surface area (Å²) in [6.45, 7) is 5.76. The minimum Gasteiger partial charge on any atom is -0.480 e. The first-order valence-corrected chi connectivity index (χ1v) is 6.99. The summed E-state index contributed by atoms with van der Waals surface area (Å²) in [5.41, 5.74) is 12.5. The van der Waals surface area contributed by atoms with Crippen LogP contribution in [0.25, 0.3) is 11.0 Å². The van der Waals surface area contributed by atoms with Crippen molar-refractivity contribution in [2.45, 2.75) is 33.2 Å². The fraction of sp³-hybridized carbons (Fsp3) is 0.375. The van der Waals surface area contributed by atoms with Crippen LogP contribution in [-0.4, -0.2) is 17.1 Å². The first-order valence-electron chi connectivity index (χ1n) is 6.99. The number of carboxylic acid groups (broad SMARTS) is 1. The van der Waals surface area contributed by atoms with Crippen molar-refractivity contribution in [2.24, 2.45) is 11.7 Å². The van der Waals surface area contributed by atoms with E-state index in [0.717, 1.165) is 10.9 Å². The molecule has 0 radical (unpaired) electrons. The maximum Gasteiger partial charge on any atom is 0.336 e. The van der Waals surface area contributed by atoms with Gasteiger partial charge < -0.3 is 21.0 Å². The van der Waals surface area contributed by atoms with Crippen LogP contribution in [0.1, 0.15) is 25.8 Å². The van der Waals surface area contributed by atoms with E-state index in [-0.39, 0.29) is 18.0 Å². The van der Waals surface area contributed by atoms with E-state index < -0.39 is 12.0 Å². The number of nitrogens with two attached hydrogens (primary N) is 2. The van der Waals surface area contributed by atoms with E-state index in [1.165, 1.54) is 6.07 Å². The number of aliphatic carboxylic acids is 1. The Hall–Kier alpha value is -2.05. The van der Waals surface area contributed by atoms with Gasteiger partial charge in [-0.3, -0.25) is 4.79 Å². The fourth-order valence-corrected chi connectivity index (χ4v) is 1.95. The summed E-state index contributed by atoms with van der Waals surface area (Å²) < 4.78 is 4.99. The fourth-order valence-electron chi connectivity index (χ4n) is 1.95. The molecule has 128 valence electrons. The molecule has 0 bridgehead atoms. The predicted octanol–water partition coefficient (Wildman–Crippen LogP) is 2.55. The first kappa shape index (κ1) is 20.9. The summed E-state index contributed by atoms with van der Waals surface area (Å²) in [5, 5.41) is 9.23. The average molecular weight is 343 g/mol. The molecule has 5 N–H and O–H groups in total. The average Bonchev–Trinajstić information content (AvgIpc) is 2.37. The van der Waals surface area contributed by atoms with Gasteiger partial charge in [-0.25, -0.2) is 4.79 Å². The van der Waals surface area contributed by atoms with Crippen molar-refractivity contribution >= 4 is 35.0 Å². The van der Waals surface area contributed by atoms with E-state index >= 15 is 0 Å². The zero-order chi connectivity index (χ0) is 16.9. The highest BCUT2D eigenvalue weighted by Crippen LogP contribution is 2.18. The lowest BCUT2D eigenvalue weighted by Gasteiger charge is -2.07. The van der Waals surface area contributed by atoms with Gasteiger partial charge in [0, 0.05) is 23.2 Å². The smallest absolute Gasteiger partial charge is 0.336 e. The molecule has 0 aliphatic heterocycles. The van der Waals surface area contributed by atoms with Gasteiger partial charge in [0.15, 0.2) is 0 Å². The quantitative estimate of drug-likeness (QED) is 0.582. The predicted molar refractivity (Wildman–Crippen MR) is 93.9 cm³/mol. The zero-order valence-corrected chi connectivity index (χ0v) is 14.2. The summed E-state index contributed by atoms with van der Waals surface area (Å²) in [5.74, 6) is -0.556. The molecule has 0 saturated carbocycles. The third-order valence-corrected chi connectivity index (χ3v) is 3.02. The Kier molecular flexibility index (Phi) is 8.35. The Labute approximate surface area is 140 Å². The van der Waals surface area contributed by atoms with Crippen LogP contribution >= 0.6 is 12.4 Å². The van der Waals surface area contributed by atoms with Crippen molar-refractivity contribution in [1.82, 2.24) is 0 Å². The Bertz CT molecular complexity index is 713. The summed E-state index contributed by atoms with van der Waals surface area (Å²) in [7, 11) is 0. The Morgan fingerprint density at radius 3 is 2.39 bits per heavy atom. The lowest BCUT2D eigenvalue weighted by atomic mass is 10.1. The standard InChI is InChI=1S/C10H9NO2.C6H13NO2.ClH/c1-6-4-10(12)13-9-5-7(11)2-3-8(6)9;1-4(2)3-5(7)6(8)9;/h2-5H,11H2,1H3;4-5H,3,7H2,1-2H3,(H,8,9);1H/t;5-;/m.0./s1. The molecular formula is C16H23ClN2O4. The summed E-state index contributed by atoms with van der Waals surface area (Å²) in [6, 6.07) is 6.07. The molecule has 6 nitrogen and oxygen atoms in total. The van der Waals surface area contributed by atoms with Crippen molar-refractivity contribution in [3.63, 3.8) is 0 Å². The van der Waals surface area contributed by atoms with Crippen LogP contribution in [0.2, 0.25) is 0 Å². The number of nitrogen functional groups attached to an aromatic ring is 1. The molecule has 1 heterocycles. The number of benzene rings is 1. The molecule has 2 aromatic rings. The molecule has 1 atom stereocenters. The molecule has 7 heteroatoms. The SMILES string of the molecule is CC(C)C[C@H](N)C(=O)O.Cc1cc(=O)oc2cc(N)ccc12.Cl. The van der Waals surface area contributed by atoms with Crippen LogP contribution in [0.5, 0.6) is 0 Å². The first-order chi connectivity index (χ1) is 10.2. The maximum absolute atomic E-state index is 11.0. The molecule has 0 unspecified atom stereocenters. The molecule has 2 rings (SSSR count). The number of hydrogen-bond acceptors (Lipinski definition) is 5. The van der Waals surface area contributed by atoms with Crippen molar-refractivity contribution in [2.75, 3.05) is 5.73 Å². The number of aryl methyl sites for hydroxylation is 1. The van der Waals surface area contributed by atoms with E-state index in [2.05, 4.69) is 0 Å². The third-order valence-electron chi connectivity index (χ3n) is 3.02. The number of carbonyl (C=O) groups is 1. The van der Waals surface area contributed by atoms with Crippen LogP contribution in [0.3, 0.4) is 0 Å². The second-order valence-electron chi connectivity index (χ2n) is 5.58. The molecule has 0 aliphatic rings. The van der Waals surface area contributed by atoms with Gasteiger partial charge in [-0.2, -0.15) is 0 Å². The number of rotatable bonds is 3. The second kappa shape index (κ2) is 9.17. The van der Waals surface area contributed by atoms with E-state index in [1.54, 1.807) is 12.1 Å². The topological polar surface area (TPSA) is 120 Å². The summed E-state index contributed by atoms with van der Waals surface area (Å²) in [4.78, 5) is 21.1. The monoisotopic (exact) mass is 342 g/mol. The number of anilines is 1. The van der Waals surface area contributed by atoms with Crippen LogP contribution in [-0.2, 0) is 4.79 Å². The number of fused-ring (bicyclic) bond motifs is 1. The van der Waals surface area contributed by atoms with Gasteiger partial charge in [0.1, 0.15) is 11.6 Å². The van der Waals surface area contributed by atoms with Crippen LogP contribution in [0, 0.1) is 12.8 Å². The highest BCUT2D eigenvalue weighted by molar-refractivity contribution is 5.85. The van der Waals surface area contributed by atoms with Gasteiger partial charge in [0.25, 0.3) is 0 Å². The van der Waals surface area contributed by atoms with Crippen LogP contribution in [0.4, 0.5) is 5.69 Å². The van der Waals surface area contributed by atoms with Gasteiger partial charge in [-0.15, -0.1) is 12.4 Å². The van der Waals surface area contributed by atoms with Crippen molar-refractivity contribution < 1.29 is 14.3 Å². The molecule has 0 aliphatic carbocycles. The maximum atomic E-state index is 11.0. The van der Waals surface area contributed by atoms with Crippen molar-refractivity contribution in [3.8, 4) is 0 Å². The Morgan fingerprint density at radius 1 is 1.30 bits per heavy atom. The van der Waals surface area contributed by atoms with Gasteiger partial charge in [0.05, 0.1) is 0 Å². The molecule has 23 heavy (non-hydrogen) atoms. The zero-order valence-electron chi connectivity index (χ0n) is 13.4. The van der Waals surface area contributed by atoms with Crippen molar-refractivity contribution in [3.05, 3.63) is 40.2 Å². The summed E-state index contributed by atoms with van der Waals surface area (Å²) >= 11 is 0. The van der Waals surface area contributed by atoms with Gasteiger partial charge >= 0.3 is 11.6 Å². The lowest BCUT2D eigenvalue weighted by molar-refractivity contribution is -0.138. The van der Waals surface area contributed by atoms with E-state index in [0.29, 0.717) is 23.6 Å². The minimum atomic E-state index is -0.913. The highest BCUT2D eigenvalue weighted by atomic mass is 35.5.